The lowest BCUT2D eigenvalue weighted by molar-refractivity contribution is -0.143. The highest BCUT2D eigenvalue weighted by Crippen LogP contribution is 2.22. The molecule has 0 fully saturated rings. The quantitative estimate of drug-likeness (QED) is 0.681. The molecule has 0 radical (unpaired) electrons. The maximum absolute atomic E-state index is 11.5. The number of hydrogen-bond donors (Lipinski definition) is 3. The Hall–Kier alpha value is -2.08. The fraction of sp³-hybridized carbons (Fsp3) is 0.429. The van der Waals surface area contributed by atoms with Crippen molar-refractivity contribution in [3.63, 3.8) is 0 Å². The lowest BCUT2D eigenvalue weighted by atomic mass is 10.1. The number of amides is 1. The number of carbonyl (C=O) groups excluding carboxylic acids is 1. The molecule has 0 heterocycles. The Morgan fingerprint density at radius 2 is 1.90 bits per heavy atom. The molecule has 3 N–H and O–H groups in total. The average molecular weight is 281 g/mol. The van der Waals surface area contributed by atoms with Gasteiger partial charge in [-0.1, -0.05) is 18.2 Å². The number of carbonyl (C=O) groups is 2. The summed E-state index contributed by atoms with van der Waals surface area (Å²) in [5, 5.41) is 19.7. The van der Waals surface area contributed by atoms with E-state index in [1.807, 2.05) is 32.0 Å². The number of hydrogen-bond acceptors (Lipinski definition) is 4. The molecule has 1 atom stereocenters. The molecule has 1 rings (SSSR count). The maximum Gasteiger partial charge on any atom is 0.328 e. The highest BCUT2D eigenvalue weighted by molar-refractivity contribution is 5.83. The van der Waals surface area contributed by atoms with E-state index in [-0.39, 0.29) is 13.0 Å². The first-order valence-electron chi connectivity index (χ1n) is 6.27. The van der Waals surface area contributed by atoms with E-state index in [1.165, 1.54) is 0 Å². The Morgan fingerprint density at radius 3 is 2.40 bits per heavy atom. The van der Waals surface area contributed by atoms with Crippen LogP contribution in [0.1, 0.15) is 17.5 Å². The molecule has 0 bridgehead atoms. The van der Waals surface area contributed by atoms with Crippen LogP contribution in [0, 0.1) is 13.8 Å². The van der Waals surface area contributed by atoms with Crippen molar-refractivity contribution in [2.24, 2.45) is 0 Å². The van der Waals surface area contributed by atoms with Crippen molar-refractivity contribution < 1.29 is 24.5 Å². The highest BCUT2D eigenvalue weighted by Gasteiger charge is 2.18. The second-order valence-corrected chi connectivity index (χ2v) is 4.46. The third-order valence-electron chi connectivity index (χ3n) is 2.80. The van der Waals surface area contributed by atoms with Crippen LogP contribution in [0.15, 0.2) is 18.2 Å². The van der Waals surface area contributed by atoms with E-state index in [0.717, 1.165) is 16.9 Å². The second-order valence-electron chi connectivity index (χ2n) is 4.46. The van der Waals surface area contributed by atoms with Crippen LogP contribution in [0.2, 0.25) is 0 Å². The van der Waals surface area contributed by atoms with Gasteiger partial charge in [0, 0.05) is 0 Å². The lowest BCUT2D eigenvalue weighted by Crippen LogP contribution is -2.43. The first kappa shape index (κ1) is 16.0. The van der Waals surface area contributed by atoms with Gasteiger partial charge >= 0.3 is 5.97 Å². The van der Waals surface area contributed by atoms with Crippen molar-refractivity contribution in [2.75, 3.05) is 13.2 Å². The minimum absolute atomic E-state index is 0.0254. The molecule has 1 aromatic carbocycles. The number of benzene rings is 1. The summed E-state index contributed by atoms with van der Waals surface area (Å²) in [6.45, 7) is 3.33. The van der Waals surface area contributed by atoms with Crippen molar-refractivity contribution in [2.45, 2.75) is 26.3 Å². The van der Waals surface area contributed by atoms with Gasteiger partial charge in [-0.15, -0.1) is 0 Å². The molecule has 110 valence electrons. The van der Waals surface area contributed by atoms with Gasteiger partial charge in [0.1, 0.15) is 11.8 Å². The SMILES string of the molecule is Cc1cccc(C)c1OCCC(=O)NC(CO)C(=O)O. The van der Waals surface area contributed by atoms with Gasteiger partial charge in [0.2, 0.25) is 5.91 Å². The van der Waals surface area contributed by atoms with Crippen LogP contribution in [0.25, 0.3) is 0 Å². The number of aliphatic carboxylic acids is 1. The van der Waals surface area contributed by atoms with Gasteiger partial charge in [0.25, 0.3) is 0 Å². The molecule has 20 heavy (non-hydrogen) atoms. The largest absolute Gasteiger partial charge is 0.493 e. The predicted octanol–water partition coefficient (Wildman–Crippen LogP) is 0.634. The Bertz CT molecular complexity index is 466. The first-order valence-corrected chi connectivity index (χ1v) is 6.27. The van der Waals surface area contributed by atoms with Crippen molar-refractivity contribution >= 4 is 11.9 Å². The number of rotatable bonds is 7. The van der Waals surface area contributed by atoms with E-state index in [9.17, 15) is 9.59 Å². The Kier molecular flexibility index (Phi) is 5.99. The van der Waals surface area contributed by atoms with Crippen molar-refractivity contribution in [3.8, 4) is 5.75 Å². The Labute approximate surface area is 117 Å². The van der Waals surface area contributed by atoms with Crippen molar-refractivity contribution in [3.05, 3.63) is 29.3 Å². The van der Waals surface area contributed by atoms with E-state index in [4.69, 9.17) is 14.9 Å². The molecule has 0 aliphatic rings. The monoisotopic (exact) mass is 281 g/mol. The number of ether oxygens (including phenoxy) is 1. The van der Waals surface area contributed by atoms with Gasteiger partial charge in [-0.25, -0.2) is 4.79 Å². The zero-order valence-electron chi connectivity index (χ0n) is 11.5. The number of aliphatic hydroxyl groups excluding tert-OH is 1. The van der Waals surface area contributed by atoms with Gasteiger partial charge in [-0.05, 0) is 25.0 Å². The average Bonchev–Trinajstić information content (AvgIpc) is 2.39. The normalized spacial score (nSPS) is 11.8. The van der Waals surface area contributed by atoms with Gasteiger partial charge in [-0.2, -0.15) is 0 Å². The predicted molar refractivity (Wildman–Crippen MR) is 72.7 cm³/mol. The zero-order valence-corrected chi connectivity index (χ0v) is 11.5. The molecule has 1 aromatic rings. The summed E-state index contributed by atoms with van der Waals surface area (Å²) in [4.78, 5) is 22.2. The Balaban J connectivity index is 2.44. The van der Waals surface area contributed by atoms with E-state index in [2.05, 4.69) is 5.32 Å². The second kappa shape index (κ2) is 7.49. The zero-order chi connectivity index (χ0) is 15.1. The number of carboxylic acids is 1. The van der Waals surface area contributed by atoms with Gasteiger partial charge in [0.15, 0.2) is 0 Å². The number of carboxylic acid groups (broad SMARTS) is 1. The van der Waals surface area contributed by atoms with Crippen molar-refractivity contribution in [1.29, 1.82) is 0 Å². The minimum atomic E-state index is -1.28. The minimum Gasteiger partial charge on any atom is -0.493 e. The molecule has 6 nitrogen and oxygen atoms in total. The van der Waals surface area contributed by atoms with Crippen LogP contribution in [0.4, 0.5) is 0 Å². The maximum atomic E-state index is 11.5. The molecule has 0 spiro atoms. The number of nitrogens with one attached hydrogen (secondary N) is 1. The molecule has 0 saturated heterocycles. The first-order chi connectivity index (χ1) is 9.45. The van der Waals surface area contributed by atoms with Crippen molar-refractivity contribution in [1.82, 2.24) is 5.32 Å². The summed E-state index contributed by atoms with van der Waals surface area (Å²) in [7, 11) is 0. The molecule has 0 aliphatic heterocycles. The van der Waals surface area contributed by atoms with E-state index in [1.54, 1.807) is 0 Å². The lowest BCUT2D eigenvalue weighted by Gasteiger charge is -2.13. The molecule has 0 saturated carbocycles. The van der Waals surface area contributed by atoms with Gasteiger partial charge < -0.3 is 20.3 Å². The summed E-state index contributed by atoms with van der Waals surface area (Å²) in [6, 6.07) is 4.47. The fourth-order valence-electron chi connectivity index (χ4n) is 1.72. The third kappa shape index (κ3) is 4.55. The summed E-state index contributed by atoms with van der Waals surface area (Å²) in [5.74, 6) is -1.01. The summed E-state index contributed by atoms with van der Waals surface area (Å²) in [5.41, 5.74) is 1.95. The van der Waals surface area contributed by atoms with Crippen LogP contribution >= 0.6 is 0 Å². The Morgan fingerprint density at radius 1 is 1.30 bits per heavy atom. The number of aliphatic hydroxyl groups is 1. The van der Waals surface area contributed by atoms with Crippen LogP contribution in [0.3, 0.4) is 0 Å². The number of para-hydroxylation sites is 1. The van der Waals surface area contributed by atoms with Crippen LogP contribution in [0.5, 0.6) is 5.75 Å². The molecular formula is C14H19NO5. The molecule has 1 amide bonds. The third-order valence-corrected chi connectivity index (χ3v) is 2.80. The van der Waals surface area contributed by atoms with Crippen LogP contribution in [-0.4, -0.2) is 41.3 Å². The molecule has 0 aromatic heterocycles. The highest BCUT2D eigenvalue weighted by atomic mass is 16.5. The van der Waals surface area contributed by atoms with E-state index >= 15 is 0 Å². The molecule has 6 heteroatoms. The summed E-state index contributed by atoms with van der Waals surface area (Å²) >= 11 is 0. The topological polar surface area (TPSA) is 95.9 Å². The van der Waals surface area contributed by atoms with E-state index < -0.39 is 24.5 Å². The molecule has 0 aliphatic carbocycles. The van der Waals surface area contributed by atoms with Gasteiger partial charge in [-0.3, -0.25) is 4.79 Å². The molecular weight excluding hydrogens is 262 g/mol. The smallest absolute Gasteiger partial charge is 0.328 e. The summed E-state index contributed by atoms with van der Waals surface area (Å²) < 4.78 is 5.54. The van der Waals surface area contributed by atoms with Gasteiger partial charge in [0.05, 0.1) is 19.6 Å². The van der Waals surface area contributed by atoms with E-state index in [0.29, 0.717) is 0 Å². The van der Waals surface area contributed by atoms with Crippen LogP contribution < -0.4 is 10.1 Å². The van der Waals surface area contributed by atoms with Crippen LogP contribution in [-0.2, 0) is 9.59 Å². The standard InChI is InChI=1S/C14H19NO5/c1-9-4-3-5-10(2)13(9)20-7-6-12(17)15-11(8-16)14(18)19/h3-5,11,16H,6-8H2,1-2H3,(H,15,17)(H,18,19). The summed E-state index contributed by atoms with van der Waals surface area (Å²) in [6.07, 6.45) is 0.0254. The number of aryl methyl sites for hydroxylation is 2. The fourth-order valence-corrected chi connectivity index (χ4v) is 1.72. The molecule has 1 unspecified atom stereocenters.